The molecule has 17 heavy (non-hydrogen) atoms. The first-order valence-corrected chi connectivity index (χ1v) is 5.49. The molecule has 1 atom stereocenters. The highest BCUT2D eigenvalue weighted by atomic mass is 19.1. The van der Waals surface area contributed by atoms with Crippen LogP contribution in [0.4, 0.5) is 10.1 Å². The molecule has 0 spiro atoms. The molecule has 1 heterocycles. The van der Waals surface area contributed by atoms with E-state index in [0.717, 1.165) is 25.5 Å². The summed E-state index contributed by atoms with van der Waals surface area (Å²) in [5, 5.41) is 13.9. The van der Waals surface area contributed by atoms with Crippen molar-refractivity contribution in [3.63, 3.8) is 0 Å². The number of rotatable bonds is 3. The number of nitrogens with zero attached hydrogens (tertiary/aromatic N) is 1. The molecule has 1 aliphatic heterocycles. The summed E-state index contributed by atoms with van der Waals surface area (Å²) in [6.07, 6.45) is 1.64. The highest BCUT2D eigenvalue weighted by Crippen LogP contribution is 2.30. The number of nitro groups is 1. The van der Waals surface area contributed by atoms with Gasteiger partial charge in [0.2, 0.25) is 11.6 Å². The zero-order chi connectivity index (χ0) is 12.3. The number of ether oxygens (including phenoxy) is 1. The predicted octanol–water partition coefficient (Wildman–Crippen LogP) is 1.86. The van der Waals surface area contributed by atoms with E-state index >= 15 is 0 Å². The summed E-state index contributed by atoms with van der Waals surface area (Å²) < 4.78 is 18.8. The van der Waals surface area contributed by atoms with Crippen LogP contribution in [0.15, 0.2) is 18.2 Å². The van der Waals surface area contributed by atoms with Crippen LogP contribution in [-0.4, -0.2) is 24.1 Å². The van der Waals surface area contributed by atoms with Crippen molar-refractivity contribution in [2.24, 2.45) is 0 Å². The SMILES string of the molecule is O=[N+]([O-])c1c(F)cccc1O[C@H]1CCCNC1. The van der Waals surface area contributed by atoms with E-state index < -0.39 is 16.4 Å². The van der Waals surface area contributed by atoms with E-state index in [1.165, 1.54) is 12.1 Å². The Balaban J connectivity index is 2.19. The Hall–Kier alpha value is -1.69. The maximum Gasteiger partial charge on any atom is 0.346 e. The molecular formula is C11H13FN2O3. The van der Waals surface area contributed by atoms with Crippen LogP contribution < -0.4 is 10.1 Å². The van der Waals surface area contributed by atoms with Gasteiger partial charge in [-0.3, -0.25) is 10.1 Å². The zero-order valence-electron chi connectivity index (χ0n) is 9.19. The molecule has 1 N–H and O–H groups in total. The summed E-state index contributed by atoms with van der Waals surface area (Å²) in [6.45, 7) is 1.55. The lowest BCUT2D eigenvalue weighted by Gasteiger charge is -2.23. The molecule has 0 aliphatic carbocycles. The Morgan fingerprint density at radius 3 is 3.00 bits per heavy atom. The molecule has 1 fully saturated rings. The van der Waals surface area contributed by atoms with E-state index in [-0.39, 0.29) is 11.9 Å². The van der Waals surface area contributed by atoms with Crippen LogP contribution >= 0.6 is 0 Å². The zero-order valence-corrected chi connectivity index (χ0v) is 9.19. The summed E-state index contributed by atoms with van der Waals surface area (Å²) in [7, 11) is 0. The fourth-order valence-electron chi connectivity index (χ4n) is 1.87. The third-order valence-electron chi connectivity index (χ3n) is 2.68. The van der Waals surface area contributed by atoms with Gasteiger partial charge in [-0.25, -0.2) is 0 Å². The van der Waals surface area contributed by atoms with Gasteiger partial charge in [-0.05, 0) is 31.5 Å². The minimum atomic E-state index is -0.865. The smallest absolute Gasteiger partial charge is 0.346 e. The van der Waals surface area contributed by atoms with Crippen molar-refractivity contribution in [3.8, 4) is 5.75 Å². The molecule has 0 unspecified atom stereocenters. The number of benzene rings is 1. The summed E-state index contributed by atoms with van der Waals surface area (Å²) in [6, 6.07) is 3.90. The van der Waals surface area contributed by atoms with Gasteiger partial charge in [0.25, 0.3) is 0 Å². The molecule has 0 saturated carbocycles. The molecule has 0 radical (unpaired) electrons. The lowest BCUT2D eigenvalue weighted by molar-refractivity contribution is -0.388. The molecule has 0 bridgehead atoms. The second-order valence-electron chi connectivity index (χ2n) is 3.93. The third-order valence-corrected chi connectivity index (χ3v) is 2.68. The number of para-hydroxylation sites is 1. The minimum Gasteiger partial charge on any atom is -0.482 e. The molecule has 5 nitrogen and oxygen atoms in total. The summed E-state index contributed by atoms with van der Waals surface area (Å²) >= 11 is 0. The van der Waals surface area contributed by atoms with Gasteiger partial charge in [-0.2, -0.15) is 4.39 Å². The molecule has 6 heteroatoms. The standard InChI is InChI=1S/C11H13FN2O3/c12-9-4-1-5-10(11(9)14(15)16)17-8-3-2-6-13-7-8/h1,4-5,8,13H,2-3,6-7H2/t8-/m0/s1. The van der Waals surface area contributed by atoms with Crippen LogP contribution in [0.25, 0.3) is 0 Å². The lowest BCUT2D eigenvalue weighted by Crippen LogP contribution is -2.37. The van der Waals surface area contributed by atoms with Gasteiger partial charge in [-0.1, -0.05) is 6.07 Å². The van der Waals surface area contributed by atoms with Crippen LogP contribution in [0.5, 0.6) is 5.75 Å². The van der Waals surface area contributed by atoms with Gasteiger partial charge < -0.3 is 10.1 Å². The molecule has 2 rings (SSSR count). The highest BCUT2D eigenvalue weighted by Gasteiger charge is 2.24. The fourth-order valence-corrected chi connectivity index (χ4v) is 1.87. The maximum absolute atomic E-state index is 13.3. The van der Waals surface area contributed by atoms with Gasteiger partial charge in [0.05, 0.1) is 4.92 Å². The van der Waals surface area contributed by atoms with Crippen LogP contribution in [0, 0.1) is 15.9 Å². The minimum absolute atomic E-state index is 0.00343. The van der Waals surface area contributed by atoms with Crippen molar-refractivity contribution in [2.75, 3.05) is 13.1 Å². The first kappa shape index (κ1) is 11.8. The van der Waals surface area contributed by atoms with Crippen LogP contribution in [-0.2, 0) is 0 Å². The Morgan fingerprint density at radius 1 is 1.53 bits per heavy atom. The first-order chi connectivity index (χ1) is 8.18. The Kier molecular flexibility index (Phi) is 3.53. The normalized spacial score (nSPS) is 19.9. The molecule has 1 aliphatic rings. The van der Waals surface area contributed by atoms with Crippen LogP contribution in [0.2, 0.25) is 0 Å². The third kappa shape index (κ3) is 2.71. The second-order valence-corrected chi connectivity index (χ2v) is 3.93. The number of hydrogen-bond donors (Lipinski definition) is 1. The second kappa shape index (κ2) is 5.09. The molecule has 92 valence electrons. The fraction of sp³-hybridized carbons (Fsp3) is 0.455. The first-order valence-electron chi connectivity index (χ1n) is 5.49. The number of hydrogen-bond acceptors (Lipinski definition) is 4. The van der Waals surface area contributed by atoms with E-state index in [2.05, 4.69) is 5.32 Å². The highest BCUT2D eigenvalue weighted by molar-refractivity contribution is 5.47. The average molecular weight is 240 g/mol. The van der Waals surface area contributed by atoms with Crippen LogP contribution in [0.1, 0.15) is 12.8 Å². The van der Waals surface area contributed by atoms with Crippen molar-refractivity contribution in [3.05, 3.63) is 34.1 Å². The molecule has 0 amide bonds. The average Bonchev–Trinajstić information content (AvgIpc) is 2.30. The van der Waals surface area contributed by atoms with Gasteiger partial charge in [0.15, 0.2) is 0 Å². The van der Waals surface area contributed by atoms with Crippen LogP contribution in [0.3, 0.4) is 0 Å². The van der Waals surface area contributed by atoms with E-state index in [1.54, 1.807) is 0 Å². The topological polar surface area (TPSA) is 64.4 Å². The van der Waals surface area contributed by atoms with Gasteiger partial charge >= 0.3 is 5.69 Å². The predicted molar refractivity (Wildman–Crippen MR) is 59.6 cm³/mol. The summed E-state index contributed by atoms with van der Waals surface area (Å²) in [5.41, 5.74) is -0.585. The molecule has 1 aromatic rings. The largest absolute Gasteiger partial charge is 0.482 e. The van der Waals surface area contributed by atoms with Gasteiger partial charge in [0, 0.05) is 6.54 Å². The number of halogens is 1. The van der Waals surface area contributed by atoms with E-state index in [0.29, 0.717) is 6.54 Å². The molecule has 0 aromatic heterocycles. The maximum atomic E-state index is 13.3. The monoisotopic (exact) mass is 240 g/mol. The summed E-state index contributed by atoms with van der Waals surface area (Å²) in [4.78, 5) is 10.0. The lowest BCUT2D eigenvalue weighted by atomic mass is 10.1. The van der Waals surface area contributed by atoms with E-state index in [9.17, 15) is 14.5 Å². The van der Waals surface area contributed by atoms with Crippen molar-refractivity contribution in [1.82, 2.24) is 5.32 Å². The molecular weight excluding hydrogens is 227 g/mol. The van der Waals surface area contributed by atoms with Crippen molar-refractivity contribution in [1.29, 1.82) is 0 Å². The Bertz CT molecular complexity index is 419. The number of piperidine rings is 1. The van der Waals surface area contributed by atoms with Crippen molar-refractivity contribution < 1.29 is 14.1 Å². The summed E-state index contributed by atoms with van der Waals surface area (Å²) in [5.74, 6) is -0.861. The van der Waals surface area contributed by atoms with Crippen molar-refractivity contribution >= 4 is 5.69 Å². The van der Waals surface area contributed by atoms with E-state index in [4.69, 9.17) is 4.74 Å². The Labute approximate surface area is 97.7 Å². The molecule has 1 aromatic carbocycles. The van der Waals surface area contributed by atoms with E-state index in [1.807, 2.05) is 0 Å². The van der Waals surface area contributed by atoms with Crippen molar-refractivity contribution in [2.45, 2.75) is 18.9 Å². The molecule has 1 saturated heterocycles. The number of nitrogens with one attached hydrogen (secondary N) is 1. The van der Waals surface area contributed by atoms with Gasteiger partial charge in [0.1, 0.15) is 6.10 Å². The Morgan fingerprint density at radius 2 is 2.35 bits per heavy atom. The quantitative estimate of drug-likeness (QED) is 0.647. The number of nitro benzene ring substituents is 1. The van der Waals surface area contributed by atoms with Gasteiger partial charge in [-0.15, -0.1) is 0 Å².